The number of carboxylic acids is 1. The number of hydrogen-bond donors (Lipinski definition) is 10. The van der Waals surface area contributed by atoms with Gasteiger partial charge in [0.1, 0.15) is 23.3 Å². The van der Waals surface area contributed by atoms with Crippen molar-refractivity contribution in [3.05, 3.63) is 0 Å². The highest BCUT2D eigenvalue weighted by atomic mass is 16.4. The third-order valence-corrected chi connectivity index (χ3v) is 4.58. The van der Waals surface area contributed by atoms with Crippen LogP contribution in [0.4, 0.5) is 0 Å². The van der Waals surface area contributed by atoms with E-state index in [0.717, 1.165) is 0 Å². The Labute approximate surface area is 129 Å². The SMILES string of the molecule is NC1=N[C@H](O)[C@H]2[C@@H](O)[C@@](O)(CO)[C@@H](O)[C@@H](O)[C@]2([C@@H](O)C(=O)O)N1. The smallest absolute Gasteiger partial charge is 0.335 e. The zero-order valence-corrected chi connectivity index (χ0v) is 11.7. The first-order valence-electron chi connectivity index (χ1n) is 6.61. The van der Waals surface area contributed by atoms with Crippen LogP contribution in [0.1, 0.15) is 0 Å². The summed E-state index contributed by atoms with van der Waals surface area (Å²) in [4.78, 5) is 14.7. The van der Waals surface area contributed by atoms with Crippen LogP contribution in [0, 0.1) is 5.92 Å². The third kappa shape index (κ3) is 2.19. The van der Waals surface area contributed by atoms with Crippen LogP contribution in [-0.2, 0) is 4.79 Å². The van der Waals surface area contributed by atoms with Crippen molar-refractivity contribution >= 4 is 11.9 Å². The lowest BCUT2D eigenvalue weighted by Crippen LogP contribution is -2.85. The number of aliphatic carboxylic acids is 1. The number of guanidine groups is 1. The third-order valence-electron chi connectivity index (χ3n) is 4.58. The van der Waals surface area contributed by atoms with Gasteiger partial charge < -0.3 is 51.9 Å². The number of hydrogen-bond acceptors (Lipinski definition) is 11. The number of nitrogens with two attached hydrogens (primary N) is 1. The van der Waals surface area contributed by atoms with Crippen molar-refractivity contribution in [3.8, 4) is 0 Å². The number of carbonyl (C=O) groups is 1. The van der Waals surface area contributed by atoms with E-state index in [1.165, 1.54) is 0 Å². The van der Waals surface area contributed by atoms with Crippen LogP contribution in [0.3, 0.4) is 0 Å². The molecule has 1 heterocycles. The fourth-order valence-electron chi connectivity index (χ4n) is 3.33. The molecule has 1 aliphatic carbocycles. The van der Waals surface area contributed by atoms with E-state index in [0.29, 0.717) is 0 Å². The molecule has 0 aromatic carbocycles. The van der Waals surface area contributed by atoms with Crippen molar-refractivity contribution in [2.75, 3.05) is 6.61 Å². The maximum Gasteiger partial charge on any atom is 0.335 e. The fraction of sp³-hybridized carbons (Fsp3) is 0.818. The van der Waals surface area contributed by atoms with Crippen LogP contribution >= 0.6 is 0 Å². The minimum atomic E-state index is -2.68. The van der Waals surface area contributed by atoms with Gasteiger partial charge in [0.05, 0.1) is 18.6 Å². The van der Waals surface area contributed by atoms with Gasteiger partial charge in [0.2, 0.25) is 0 Å². The second-order valence-electron chi connectivity index (χ2n) is 5.74. The van der Waals surface area contributed by atoms with E-state index in [-0.39, 0.29) is 0 Å². The summed E-state index contributed by atoms with van der Waals surface area (Å²) in [5.74, 6) is -4.21. The summed E-state index contributed by atoms with van der Waals surface area (Å²) in [5.41, 5.74) is 0.252. The molecule has 12 nitrogen and oxygen atoms in total. The number of aliphatic hydroxyl groups excluding tert-OH is 6. The summed E-state index contributed by atoms with van der Waals surface area (Å²) in [6.45, 7) is -1.21. The first-order chi connectivity index (χ1) is 10.5. The van der Waals surface area contributed by atoms with Crippen LogP contribution in [-0.4, -0.2) is 101 Å². The Bertz CT molecular complexity index is 531. The molecule has 0 spiro atoms. The average molecular weight is 337 g/mol. The summed E-state index contributed by atoms with van der Waals surface area (Å²) in [6.07, 6.45) is -11.0. The predicted molar refractivity (Wildman–Crippen MR) is 70.7 cm³/mol. The molecule has 1 fully saturated rings. The second kappa shape index (κ2) is 5.52. The topological polar surface area (TPSA) is 229 Å². The van der Waals surface area contributed by atoms with Crippen molar-refractivity contribution in [3.63, 3.8) is 0 Å². The van der Waals surface area contributed by atoms with Crippen molar-refractivity contribution in [1.29, 1.82) is 0 Å². The Morgan fingerprint density at radius 2 is 1.83 bits per heavy atom. The summed E-state index contributed by atoms with van der Waals surface area (Å²) < 4.78 is 0. The predicted octanol–water partition coefficient (Wildman–Crippen LogP) is -6.16. The Balaban J connectivity index is 2.68. The van der Waals surface area contributed by atoms with E-state index in [9.17, 15) is 40.5 Å². The minimum Gasteiger partial charge on any atom is -0.479 e. The lowest BCUT2D eigenvalue weighted by molar-refractivity contribution is -0.284. The summed E-state index contributed by atoms with van der Waals surface area (Å²) >= 11 is 0. The van der Waals surface area contributed by atoms with E-state index < -0.39 is 66.2 Å². The largest absolute Gasteiger partial charge is 0.479 e. The van der Waals surface area contributed by atoms with Crippen molar-refractivity contribution in [1.82, 2.24) is 5.32 Å². The molecule has 8 atom stereocenters. The molecule has 1 aliphatic heterocycles. The van der Waals surface area contributed by atoms with Crippen LogP contribution in [0.5, 0.6) is 0 Å². The van der Waals surface area contributed by atoms with Crippen molar-refractivity contribution < 1.29 is 45.6 Å². The second-order valence-corrected chi connectivity index (χ2v) is 5.74. The molecule has 2 aliphatic rings. The Hall–Kier alpha value is -1.54. The van der Waals surface area contributed by atoms with Crippen molar-refractivity contribution in [2.45, 2.75) is 41.8 Å². The molecule has 0 amide bonds. The molecular weight excluding hydrogens is 318 g/mol. The minimum absolute atomic E-state index is 0.554. The van der Waals surface area contributed by atoms with Crippen LogP contribution in [0.2, 0.25) is 0 Å². The number of aliphatic hydroxyl groups is 7. The molecule has 0 unspecified atom stereocenters. The van der Waals surface area contributed by atoms with Crippen LogP contribution in [0.25, 0.3) is 0 Å². The number of nitrogens with one attached hydrogen (secondary N) is 1. The van der Waals surface area contributed by atoms with E-state index in [4.69, 9.17) is 10.8 Å². The van der Waals surface area contributed by atoms with Crippen LogP contribution < -0.4 is 11.1 Å². The fourth-order valence-corrected chi connectivity index (χ4v) is 3.33. The van der Waals surface area contributed by atoms with Gasteiger partial charge >= 0.3 is 5.97 Å². The van der Waals surface area contributed by atoms with Gasteiger partial charge in [0.15, 0.2) is 18.3 Å². The van der Waals surface area contributed by atoms with Gasteiger partial charge in [0, 0.05) is 0 Å². The molecule has 23 heavy (non-hydrogen) atoms. The first kappa shape index (κ1) is 17.8. The maximum atomic E-state index is 11.2. The van der Waals surface area contributed by atoms with E-state index >= 15 is 0 Å². The lowest BCUT2D eigenvalue weighted by atomic mass is 9.58. The number of aliphatic imine (C=N–C) groups is 1. The zero-order valence-electron chi connectivity index (χ0n) is 11.7. The lowest BCUT2D eigenvalue weighted by Gasteiger charge is -2.59. The number of rotatable bonds is 3. The summed E-state index contributed by atoms with van der Waals surface area (Å²) in [5, 5.41) is 81.4. The first-order valence-corrected chi connectivity index (χ1v) is 6.61. The van der Waals surface area contributed by atoms with E-state index in [2.05, 4.69) is 10.3 Å². The molecule has 2 rings (SSSR count). The summed E-state index contributed by atoms with van der Waals surface area (Å²) in [7, 11) is 0. The molecule has 11 N–H and O–H groups in total. The van der Waals surface area contributed by atoms with Gasteiger partial charge in [-0.3, -0.25) is 0 Å². The highest BCUT2D eigenvalue weighted by Crippen LogP contribution is 2.45. The molecular formula is C11H19N3O9. The van der Waals surface area contributed by atoms with Gasteiger partial charge in [-0.2, -0.15) is 0 Å². The van der Waals surface area contributed by atoms with E-state index in [1.807, 2.05) is 0 Å². The zero-order chi connectivity index (χ0) is 17.7. The quantitative estimate of drug-likeness (QED) is 0.233. The molecule has 0 aromatic heterocycles. The highest BCUT2D eigenvalue weighted by Gasteiger charge is 2.71. The molecule has 0 saturated heterocycles. The van der Waals surface area contributed by atoms with Gasteiger partial charge in [-0.25, -0.2) is 9.79 Å². The highest BCUT2D eigenvalue weighted by molar-refractivity contribution is 5.83. The normalized spacial score (nSPS) is 48.0. The number of carboxylic acid groups (broad SMARTS) is 1. The number of fused-ring (bicyclic) bond motifs is 1. The van der Waals surface area contributed by atoms with Crippen LogP contribution in [0.15, 0.2) is 4.99 Å². The maximum absolute atomic E-state index is 11.2. The average Bonchev–Trinajstić information content (AvgIpc) is 2.48. The molecule has 132 valence electrons. The van der Waals surface area contributed by atoms with Gasteiger partial charge in [-0.1, -0.05) is 0 Å². The summed E-state index contributed by atoms with van der Waals surface area (Å²) in [6, 6.07) is 0. The van der Waals surface area contributed by atoms with E-state index in [1.54, 1.807) is 0 Å². The molecule has 1 saturated carbocycles. The monoisotopic (exact) mass is 337 g/mol. The molecule has 0 aromatic rings. The molecule has 12 heteroatoms. The molecule has 0 radical (unpaired) electrons. The van der Waals surface area contributed by atoms with Crippen molar-refractivity contribution in [2.24, 2.45) is 16.6 Å². The Morgan fingerprint density at radius 3 is 2.30 bits per heavy atom. The standard InChI is InChI=1S/C11H19N3O9/c12-9-13-7(20)2-3(16)10(23,1-15)4(17)5(18)11(2,14-9)6(19)8(21)22/h2-7,15-20,23H,1H2,(H,21,22)(H3,12,13,14)/t2-,3-,4+,5-,6+,7-,10+,11-/m1/s1. The van der Waals surface area contributed by atoms with Gasteiger partial charge in [-0.15, -0.1) is 0 Å². The Kier molecular flexibility index (Phi) is 4.28. The Morgan fingerprint density at radius 1 is 1.26 bits per heavy atom. The van der Waals surface area contributed by atoms with Gasteiger partial charge in [0.25, 0.3) is 0 Å². The molecule has 0 bridgehead atoms. The van der Waals surface area contributed by atoms with Gasteiger partial charge in [-0.05, 0) is 0 Å². The number of nitrogens with zero attached hydrogens (tertiary/aromatic N) is 1.